The standard InChI is InChI=1S/C86H70N10O4.2Ir/c1-93(70-37-29-58(30-38-70)78-21-9-13-45-87-78)83(97)65-49-63(50-66(53-65)84(98)94(2)71-39-31-59(32-40-71)79-22-10-14-46-88-79)75-18-6-5-17-74(75)57-25-27-62(28-26-57)82-91-55-69(56-92-82)77-20-8-7-19-76(77)64-51-67(85(99)95(3)72-41-33-60(34-42-72)80-23-11-15-47-89-80)54-68(52-64)86(100)96(4)73-43-35-61(36-44-73)81-24-12-16-48-90-81;;/h5-26,29,31,33,35,37-48,55-56,63-68H,49-54H2,1-4H3;;/q-6;2*+3. The van der Waals surface area contributed by atoms with Crippen LogP contribution in [0.15, 0.2) is 243 Å². The Balaban J connectivity index is 0.00000491. The van der Waals surface area contributed by atoms with E-state index in [-0.39, 0.29) is 75.7 Å². The largest absolute Gasteiger partial charge is 3.00 e. The second-order valence-electron chi connectivity index (χ2n) is 25.8. The Kier molecular flexibility index (Phi) is 22.6. The number of hydrogen-bond donors (Lipinski definition) is 0. The minimum Gasteiger partial charge on any atom is -0.355 e. The van der Waals surface area contributed by atoms with E-state index < -0.39 is 23.7 Å². The van der Waals surface area contributed by atoms with Crippen molar-refractivity contribution in [3.63, 3.8) is 0 Å². The number of carbonyl (C=O) groups excluding carboxylic acids is 4. The molecular formula is C86H70Ir2N10O4. The summed E-state index contributed by atoms with van der Waals surface area (Å²) in [6.45, 7) is 0. The second kappa shape index (κ2) is 32.4. The van der Waals surface area contributed by atoms with Crippen molar-refractivity contribution < 1.29 is 59.4 Å². The van der Waals surface area contributed by atoms with Crippen molar-refractivity contribution in [2.45, 2.75) is 50.4 Å². The Morgan fingerprint density at radius 1 is 0.324 bits per heavy atom. The third-order valence-electron chi connectivity index (χ3n) is 19.7. The molecule has 5 aromatic heterocycles. The molecule has 14 rings (SSSR count). The number of amides is 4. The molecular weight excluding hydrogens is 1620 g/mol. The minimum atomic E-state index is -0.490. The summed E-state index contributed by atoms with van der Waals surface area (Å²) in [4.78, 5) is 94.1. The molecule has 12 aromatic rings. The van der Waals surface area contributed by atoms with Gasteiger partial charge in [-0.25, -0.2) is 17.7 Å². The molecule has 16 heteroatoms. The minimum absolute atomic E-state index is 0. The molecule has 0 aliphatic heterocycles. The fourth-order valence-electron chi connectivity index (χ4n) is 14.3. The fraction of sp³-hybridized carbons (Fsp3) is 0.186. The first-order valence-electron chi connectivity index (χ1n) is 33.7. The van der Waals surface area contributed by atoms with Gasteiger partial charge in [0.25, 0.3) is 0 Å². The summed E-state index contributed by atoms with van der Waals surface area (Å²) >= 11 is 0. The smallest absolute Gasteiger partial charge is 0.355 e. The molecule has 0 spiro atoms. The van der Waals surface area contributed by atoms with Gasteiger partial charge < -0.3 is 49.5 Å². The number of rotatable bonds is 17. The van der Waals surface area contributed by atoms with Gasteiger partial charge in [-0.3, -0.25) is 31.3 Å². The van der Waals surface area contributed by atoms with Gasteiger partial charge in [-0.2, -0.15) is 5.56 Å². The third-order valence-corrected chi connectivity index (χ3v) is 19.7. The van der Waals surface area contributed by atoms with E-state index in [1.165, 1.54) is 0 Å². The Hall–Kier alpha value is -10.6. The van der Waals surface area contributed by atoms with E-state index in [1.54, 1.807) is 72.6 Å². The molecule has 0 saturated heterocycles. The van der Waals surface area contributed by atoms with Crippen LogP contribution in [-0.2, 0) is 59.4 Å². The predicted octanol–water partition coefficient (Wildman–Crippen LogP) is 16.2. The Morgan fingerprint density at radius 3 is 0.902 bits per heavy atom. The molecule has 7 aromatic carbocycles. The zero-order valence-electron chi connectivity index (χ0n) is 56.6. The Bertz CT molecular complexity index is 4310. The van der Waals surface area contributed by atoms with Gasteiger partial charge in [-0.05, 0) is 137 Å². The monoisotopic (exact) mass is 1690 g/mol. The number of carbonyl (C=O) groups is 4. The van der Waals surface area contributed by atoms with Crippen molar-refractivity contribution in [3.05, 3.63) is 291 Å². The van der Waals surface area contributed by atoms with Crippen molar-refractivity contribution in [1.29, 1.82) is 0 Å². The van der Waals surface area contributed by atoms with E-state index in [9.17, 15) is 19.2 Å². The van der Waals surface area contributed by atoms with E-state index in [4.69, 9.17) is 9.97 Å². The summed E-state index contributed by atoms with van der Waals surface area (Å²) in [5, 5.41) is 0. The second-order valence-corrected chi connectivity index (χ2v) is 25.8. The molecule has 5 heterocycles. The van der Waals surface area contributed by atoms with Crippen molar-refractivity contribution in [3.8, 4) is 78.7 Å². The summed E-state index contributed by atoms with van der Waals surface area (Å²) in [5.41, 5.74) is 15.4. The average Bonchev–Trinajstić information content (AvgIpc) is 0.785. The van der Waals surface area contributed by atoms with Crippen LogP contribution in [-0.4, -0.2) is 81.7 Å². The van der Waals surface area contributed by atoms with Crippen molar-refractivity contribution in [1.82, 2.24) is 29.9 Å². The van der Waals surface area contributed by atoms with E-state index in [0.717, 1.165) is 78.4 Å². The van der Waals surface area contributed by atoms with Crippen LogP contribution in [0.4, 0.5) is 22.7 Å². The van der Waals surface area contributed by atoms with Crippen LogP contribution in [0.3, 0.4) is 0 Å². The fourth-order valence-corrected chi connectivity index (χ4v) is 14.3. The number of pyridine rings is 4. The quantitative estimate of drug-likeness (QED) is 0.0803. The molecule has 506 valence electrons. The van der Waals surface area contributed by atoms with Crippen LogP contribution in [0, 0.1) is 60.1 Å². The van der Waals surface area contributed by atoms with Gasteiger partial charge in [0.15, 0.2) is 0 Å². The number of benzene rings is 7. The van der Waals surface area contributed by atoms with Gasteiger partial charge in [0.1, 0.15) is 0 Å². The predicted molar refractivity (Wildman–Crippen MR) is 391 cm³/mol. The van der Waals surface area contributed by atoms with Crippen molar-refractivity contribution >= 4 is 46.4 Å². The molecule has 2 aliphatic carbocycles. The molecule has 4 atom stereocenters. The molecule has 102 heavy (non-hydrogen) atoms. The zero-order chi connectivity index (χ0) is 68.6. The summed E-state index contributed by atoms with van der Waals surface area (Å²) in [6.07, 6.45) is 13.5. The average molecular weight is 1690 g/mol. The zero-order valence-corrected chi connectivity index (χ0v) is 61.4. The van der Waals surface area contributed by atoms with Gasteiger partial charge in [-0.15, -0.1) is 119 Å². The van der Waals surface area contributed by atoms with E-state index in [2.05, 4.69) is 80.6 Å². The maximum absolute atomic E-state index is 14.9. The first-order valence-corrected chi connectivity index (χ1v) is 33.7. The van der Waals surface area contributed by atoms with E-state index in [0.29, 0.717) is 72.7 Å². The SMILES string of the molecule is CN(C(=O)C1CC(C(=O)N(C)c2c[c-]c(-c3ccccn3)cc2)CC(c2ccccc2-c2c[c-]c(-c3ncc(-c4ccccc4C4CC(C(=O)N(C)c5c[c-]c(-c6ccccn6)cc5)CC(C(=O)N(C)c5c[c-]c(-c6ccccn6)cc5)C4)cn3)[c-]c2)C1)c1c[c-]c(-c2ccccn2)cc1.[Ir+3].[Ir+3]. The van der Waals surface area contributed by atoms with Crippen molar-refractivity contribution in [2.75, 3.05) is 47.8 Å². The van der Waals surface area contributed by atoms with Crippen LogP contribution in [0.1, 0.15) is 61.5 Å². The molecule has 4 amide bonds. The van der Waals surface area contributed by atoms with Crippen LogP contribution >= 0.6 is 0 Å². The first-order chi connectivity index (χ1) is 48.9. The van der Waals surface area contributed by atoms with Gasteiger partial charge in [0, 0.05) is 94.6 Å². The van der Waals surface area contributed by atoms with Gasteiger partial charge in [-0.1, -0.05) is 108 Å². The van der Waals surface area contributed by atoms with Crippen LogP contribution in [0.5, 0.6) is 0 Å². The molecule has 0 radical (unpaired) electrons. The normalized spacial score (nSPS) is 17.0. The number of anilines is 4. The maximum Gasteiger partial charge on any atom is 3.00 e. The van der Waals surface area contributed by atoms with E-state index >= 15 is 0 Å². The van der Waals surface area contributed by atoms with Crippen LogP contribution < -0.4 is 19.6 Å². The molecule has 2 fully saturated rings. The Morgan fingerprint density at radius 2 is 0.618 bits per heavy atom. The topological polar surface area (TPSA) is 159 Å². The number of aromatic nitrogens is 6. The molecule has 4 unspecified atom stereocenters. The molecule has 2 aliphatic rings. The first kappa shape index (κ1) is 71.2. The van der Waals surface area contributed by atoms with Crippen LogP contribution in [0.25, 0.3) is 78.7 Å². The molecule has 0 bridgehead atoms. The van der Waals surface area contributed by atoms with Gasteiger partial charge >= 0.3 is 40.2 Å². The Labute approximate surface area is 622 Å². The number of nitrogens with zero attached hydrogens (tertiary/aromatic N) is 10. The molecule has 2 saturated carbocycles. The number of hydrogen-bond acceptors (Lipinski definition) is 10. The van der Waals surface area contributed by atoms with E-state index in [1.807, 2.05) is 194 Å². The summed E-state index contributed by atoms with van der Waals surface area (Å²) in [5.74, 6) is -2.16. The van der Waals surface area contributed by atoms with Crippen molar-refractivity contribution in [2.24, 2.45) is 23.7 Å². The van der Waals surface area contributed by atoms with Crippen LogP contribution in [0.2, 0.25) is 0 Å². The van der Waals surface area contributed by atoms with Gasteiger partial charge in [0.2, 0.25) is 23.6 Å². The van der Waals surface area contributed by atoms with Gasteiger partial charge in [0.05, 0.1) is 0 Å². The molecule has 0 N–H and O–H groups in total. The third kappa shape index (κ3) is 15.6. The summed E-state index contributed by atoms with van der Waals surface area (Å²) in [7, 11) is 7.17. The molecule has 14 nitrogen and oxygen atoms in total. The summed E-state index contributed by atoms with van der Waals surface area (Å²) < 4.78 is 0. The maximum atomic E-state index is 14.9. The summed E-state index contributed by atoms with van der Waals surface area (Å²) in [6, 6.07) is 86.0.